The molecule has 1 fully saturated rings. The first-order chi connectivity index (χ1) is 12.2. The number of nitrogens with one attached hydrogen (secondary N) is 1. The fourth-order valence-electron chi connectivity index (χ4n) is 2.99. The van der Waals surface area contributed by atoms with Gasteiger partial charge in [-0.2, -0.15) is 0 Å². The summed E-state index contributed by atoms with van der Waals surface area (Å²) in [6.07, 6.45) is 0.612. The van der Waals surface area contributed by atoms with Crippen LogP contribution in [0, 0.1) is 6.92 Å². The first kappa shape index (κ1) is 18.7. The van der Waals surface area contributed by atoms with Gasteiger partial charge in [0.25, 0.3) is 10.0 Å². The summed E-state index contributed by atoms with van der Waals surface area (Å²) < 4.78 is 50.7. The molecule has 2 aromatic carbocycles. The van der Waals surface area contributed by atoms with E-state index in [2.05, 4.69) is 4.72 Å². The van der Waals surface area contributed by atoms with E-state index in [0.717, 1.165) is 11.3 Å². The van der Waals surface area contributed by atoms with Crippen LogP contribution in [0.2, 0.25) is 0 Å². The molecule has 0 aromatic heterocycles. The number of sulfone groups is 1. The van der Waals surface area contributed by atoms with Gasteiger partial charge >= 0.3 is 0 Å². The van der Waals surface area contributed by atoms with Gasteiger partial charge in [0.1, 0.15) is 0 Å². The van der Waals surface area contributed by atoms with E-state index in [4.69, 9.17) is 0 Å². The predicted molar refractivity (Wildman–Crippen MR) is 104 cm³/mol. The third kappa shape index (κ3) is 4.19. The summed E-state index contributed by atoms with van der Waals surface area (Å²) in [7, 11) is -4.73. The summed E-state index contributed by atoms with van der Waals surface area (Å²) in [5, 5.41) is 0. The Balaban J connectivity index is 1.72. The van der Waals surface area contributed by atoms with Gasteiger partial charge in [0, 0.05) is 24.5 Å². The zero-order valence-corrected chi connectivity index (χ0v) is 16.3. The molecule has 6 nitrogen and oxygen atoms in total. The molecule has 26 heavy (non-hydrogen) atoms. The lowest BCUT2D eigenvalue weighted by Gasteiger charge is -2.25. The van der Waals surface area contributed by atoms with Crippen molar-refractivity contribution in [1.29, 1.82) is 0 Å². The summed E-state index contributed by atoms with van der Waals surface area (Å²) >= 11 is 0. The Morgan fingerprint density at radius 2 is 1.65 bits per heavy atom. The molecule has 0 spiro atoms. The SMILES string of the molecule is Cc1ccc(S(=O)(=O)Nc2ccc(N(C)C3CCS(=O)(=O)C3)cc2)cc1. The van der Waals surface area contributed by atoms with E-state index in [1.165, 1.54) is 0 Å². The highest BCUT2D eigenvalue weighted by Gasteiger charge is 2.30. The average molecular weight is 395 g/mol. The van der Waals surface area contributed by atoms with Crippen LogP contribution in [0.25, 0.3) is 0 Å². The number of benzene rings is 2. The Hall–Kier alpha value is -2.06. The van der Waals surface area contributed by atoms with E-state index in [1.54, 1.807) is 48.5 Å². The second-order valence-electron chi connectivity index (χ2n) is 6.63. The molecule has 1 aliphatic heterocycles. The van der Waals surface area contributed by atoms with Gasteiger partial charge in [0.15, 0.2) is 9.84 Å². The molecule has 8 heteroatoms. The summed E-state index contributed by atoms with van der Waals surface area (Å²) in [4.78, 5) is 2.14. The molecule has 0 aliphatic carbocycles. The number of aryl methyl sites for hydroxylation is 1. The molecule has 3 rings (SSSR count). The van der Waals surface area contributed by atoms with Crippen LogP contribution in [-0.2, 0) is 19.9 Å². The van der Waals surface area contributed by atoms with Crippen molar-refractivity contribution in [1.82, 2.24) is 0 Å². The molecular weight excluding hydrogens is 372 g/mol. The maximum absolute atomic E-state index is 12.4. The van der Waals surface area contributed by atoms with E-state index >= 15 is 0 Å². The van der Waals surface area contributed by atoms with Crippen molar-refractivity contribution in [3.05, 3.63) is 54.1 Å². The molecule has 0 radical (unpaired) electrons. The lowest BCUT2D eigenvalue weighted by atomic mass is 10.2. The van der Waals surface area contributed by atoms with Gasteiger partial charge in [-0.3, -0.25) is 4.72 Å². The van der Waals surface area contributed by atoms with E-state index in [0.29, 0.717) is 12.1 Å². The third-order valence-electron chi connectivity index (χ3n) is 4.61. The first-order valence-corrected chi connectivity index (χ1v) is 11.6. The number of sulfonamides is 1. The minimum Gasteiger partial charge on any atom is -0.371 e. The van der Waals surface area contributed by atoms with Crippen LogP contribution in [0.1, 0.15) is 12.0 Å². The minimum atomic E-state index is -3.64. The molecule has 1 aliphatic rings. The molecule has 1 N–H and O–H groups in total. The Morgan fingerprint density at radius 1 is 1.04 bits per heavy atom. The predicted octanol–water partition coefficient (Wildman–Crippen LogP) is 2.42. The summed E-state index contributed by atoms with van der Waals surface area (Å²) in [6.45, 7) is 1.90. The molecule has 1 saturated heterocycles. The maximum atomic E-state index is 12.4. The van der Waals surface area contributed by atoms with Gasteiger partial charge in [0.05, 0.1) is 16.4 Å². The summed E-state index contributed by atoms with van der Waals surface area (Å²) in [5.41, 5.74) is 2.30. The van der Waals surface area contributed by atoms with Crippen LogP contribution in [-0.4, -0.2) is 41.4 Å². The molecule has 0 bridgehead atoms. The van der Waals surface area contributed by atoms with Gasteiger partial charge in [-0.15, -0.1) is 0 Å². The van der Waals surface area contributed by atoms with Crippen LogP contribution < -0.4 is 9.62 Å². The zero-order chi connectivity index (χ0) is 18.9. The molecular formula is C18H22N2O4S2. The molecule has 1 heterocycles. The summed E-state index contributed by atoms with van der Waals surface area (Å²) in [5.74, 6) is 0.377. The topological polar surface area (TPSA) is 83.6 Å². The Bertz CT molecular complexity index is 982. The normalized spacial score (nSPS) is 19.2. The summed E-state index contributed by atoms with van der Waals surface area (Å²) in [6, 6.07) is 13.5. The van der Waals surface area contributed by atoms with E-state index < -0.39 is 19.9 Å². The number of nitrogens with zero attached hydrogens (tertiary/aromatic N) is 1. The van der Waals surface area contributed by atoms with Gasteiger partial charge in [0.2, 0.25) is 0 Å². The Kier molecular flexibility index (Phi) is 4.98. The third-order valence-corrected chi connectivity index (χ3v) is 7.76. The molecule has 0 amide bonds. The lowest BCUT2D eigenvalue weighted by Crippen LogP contribution is -2.32. The Morgan fingerprint density at radius 3 is 2.19 bits per heavy atom. The quantitative estimate of drug-likeness (QED) is 0.842. The van der Waals surface area contributed by atoms with Crippen LogP contribution in [0.5, 0.6) is 0 Å². The molecule has 1 atom stereocenters. The second kappa shape index (κ2) is 6.92. The fourth-order valence-corrected chi connectivity index (χ4v) is 5.82. The van der Waals surface area contributed by atoms with Crippen molar-refractivity contribution in [2.24, 2.45) is 0 Å². The van der Waals surface area contributed by atoms with E-state index in [9.17, 15) is 16.8 Å². The Labute approximate surface area is 154 Å². The van der Waals surface area contributed by atoms with Gasteiger partial charge < -0.3 is 4.90 Å². The minimum absolute atomic E-state index is 0.0462. The number of rotatable bonds is 5. The van der Waals surface area contributed by atoms with Gasteiger partial charge in [-0.1, -0.05) is 17.7 Å². The largest absolute Gasteiger partial charge is 0.371 e. The standard InChI is InChI=1S/C18H22N2O4S2/c1-14-3-9-18(10-4-14)26(23,24)19-15-5-7-16(8-6-15)20(2)17-11-12-25(21,22)13-17/h3-10,17,19H,11-13H2,1-2H3. The number of hydrogen-bond donors (Lipinski definition) is 1. The van der Waals surface area contributed by atoms with Crippen LogP contribution >= 0.6 is 0 Å². The highest BCUT2D eigenvalue weighted by molar-refractivity contribution is 7.92. The van der Waals surface area contributed by atoms with Crippen molar-refractivity contribution < 1.29 is 16.8 Å². The first-order valence-electron chi connectivity index (χ1n) is 8.29. The zero-order valence-electron chi connectivity index (χ0n) is 14.7. The van der Waals surface area contributed by atoms with E-state index in [1.807, 2.05) is 18.9 Å². The van der Waals surface area contributed by atoms with Crippen LogP contribution in [0.3, 0.4) is 0 Å². The van der Waals surface area contributed by atoms with Crippen molar-refractivity contribution in [2.75, 3.05) is 28.2 Å². The number of anilines is 2. The molecule has 140 valence electrons. The smallest absolute Gasteiger partial charge is 0.261 e. The molecule has 0 saturated carbocycles. The molecule has 2 aromatic rings. The highest BCUT2D eigenvalue weighted by atomic mass is 32.2. The van der Waals surface area contributed by atoms with Gasteiger partial charge in [-0.25, -0.2) is 16.8 Å². The van der Waals surface area contributed by atoms with Crippen molar-refractivity contribution >= 4 is 31.2 Å². The van der Waals surface area contributed by atoms with Crippen molar-refractivity contribution in [2.45, 2.75) is 24.3 Å². The second-order valence-corrected chi connectivity index (χ2v) is 10.5. The van der Waals surface area contributed by atoms with E-state index in [-0.39, 0.29) is 22.4 Å². The van der Waals surface area contributed by atoms with Crippen molar-refractivity contribution in [3.8, 4) is 0 Å². The molecule has 1 unspecified atom stereocenters. The van der Waals surface area contributed by atoms with Crippen molar-refractivity contribution in [3.63, 3.8) is 0 Å². The van der Waals surface area contributed by atoms with Crippen LogP contribution in [0.4, 0.5) is 11.4 Å². The highest BCUT2D eigenvalue weighted by Crippen LogP contribution is 2.25. The maximum Gasteiger partial charge on any atom is 0.261 e. The lowest BCUT2D eigenvalue weighted by molar-refractivity contribution is 0.599. The van der Waals surface area contributed by atoms with Gasteiger partial charge in [-0.05, 0) is 49.7 Å². The average Bonchev–Trinajstić information content (AvgIpc) is 2.95. The van der Waals surface area contributed by atoms with Crippen LogP contribution in [0.15, 0.2) is 53.4 Å². The fraction of sp³-hybridized carbons (Fsp3) is 0.333. The number of hydrogen-bond acceptors (Lipinski definition) is 5. The monoisotopic (exact) mass is 394 g/mol.